The number of hydrogen-bond donors (Lipinski definition) is 1. The number of rotatable bonds is 8. The molecule has 1 aromatic carbocycles. The van der Waals surface area contributed by atoms with Crippen molar-refractivity contribution in [3.8, 4) is 5.75 Å². The minimum absolute atomic E-state index is 0.599. The van der Waals surface area contributed by atoms with E-state index in [-0.39, 0.29) is 0 Å². The van der Waals surface area contributed by atoms with Gasteiger partial charge in [0, 0.05) is 19.1 Å². The molecule has 0 bridgehead atoms. The van der Waals surface area contributed by atoms with Crippen LogP contribution >= 0.6 is 0 Å². The zero-order valence-corrected chi connectivity index (χ0v) is 12.1. The topological polar surface area (TPSA) is 24.5 Å². The molecular formula is C15H26N2O. The standard InChI is InChI=1S/C15H26N2O/c1-5-6-14(11-16-2)17(3)12-13-7-9-15(18-4)10-8-13/h7-10,14,16H,5-6,11-12H2,1-4H3. The van der Waals surface area contributed by atoms with E-state index >= 15 is 0 Å². The molecule has 1 aromatic rings. The van der Waals surface area contributed by atoms with Gasteiger partial charge in [-0.15, -0.1) is 0 Å². The molecule has 0 aromatic heterocycles. The summed E-state index contributed by atoms with van der Waals surface area (Å²) in [7, 11) is 5.91. The van der Waals surface area contributed by atoms with Crippen molar-refractivity contribution >= 4 is 0 Å². The molecule has 3 heteroatoms. The van der Waals surface area contributed by atoms with Crippen LogP contribution in [0.4, 0.5) is 0 Å². The summed E-state index contributed by atoms with van der Waals surface area (Å²) in [5.74, 6) is 0.918. The molecule has 0 spiro atoms. The second kappa shape index (κ2) is 8.11. The number of nitrogens with one attached hydrogen (secondary N) is 1. The maximum absolute atomic E-state index is 5.18. The maximum atomic E-state index is 5.18. The molecular weight excluding hydrogens is 224 g/mol. The van der Waals surface area contributed by atoms with Gasteiger partial charge in [0.2, 0.25) is 0 Å². The van der Waals surface area contributed by atoms with Gasteiger partial charge in [0.1, 0.15) is 5.75 Å². The second-order valence-corrected chi connectivity index (χ2v) is 4.76. The number of ether oxygens (including phenoxy) is 1. The third kappa shape index (κ3) is 4.67. The molecule has 0 radical (unpaired) electrons. The Labute approximate surface area is 111 Å². The van der Waals surface area contributed by atoms with Gasteiger partial charge in [0.25, 0.3) is 0 Å². The van der Waals surface area contributed by atoms with Crippen LogP contribution in [0.15, 0.2) is 24.3 Å². The minimum Gasteiger partial charge on any atom is -0.497 e. The molecule has 0 aliphatic heterocycles. The van der Waals surface area contributed by atoms with Crippen molar-refractivity contribution in [3.05, 3.63) is 29.8 Å². The van der Waals surface area contributed by atoms with E-state index in [9.17, 15) is 0 Å². The molecule has 0 aliphatic carbocycles. The van der Waals surface area contributed by atoms with Crippen LogP contribution in [-0.2, 0) is 6.54 Å². The van der Waals surface area contributed by atoms with E-state index in [1.807, 2.05) is 19.2 Å². The summed E-state index contributed by atoms with van der Waals surface area (Å²) in [6.45, 7) is 4.26. The van der Waals surface area contributed by atoms with Gasteiger partial charge in [-0.05, 0) is 38.2 Å². The summed E-state index contributed by atoms with van der Waals surface area (Å²) in [5, 5.41) is 3.28. The van der Waals surface area contributed by atoms with Gasteiger partial charge < -0.3 is 10.1 Å². The van der Waals surface area contributed by atoms with Gasteiger partial charge in [0.15, 0.2) is 0 Å². The zero-order valence-electron chi connectivity index (χ0n) is 12.1. The average Bonchev–Trinajstić information content (AvgIpc) is 2.39. The van der Waals surface area contributed by atoms with E-state index in [1.54, 1.807) is 7.11 Å². The molecule has 18 heavy (non-hydrogen) atoms. The molecule has 0 amide bonds. The predicted octanol–water partition coefficient (Wildman–Crippen LogP) is 2.52. The normalized spacial score (nSPS) is 12.7. The van der Waals surface area contributed by atoms with Crippen LogP contribution < -0.4 is 10.1 Å². The van der Waals surface area contributed by atoms with E-state index in [2.05, 4.69) is 36.3 Å². The Morgan fingerprint density at radius 2 is 1.94 bits per heavy atom. The lowest BCUT2D eigenvalue weighted by atomic mass is 10.1. The Hall–Kier alpha value is -1.06. The summed E-state index contributed by atoms with van der Waals surface area (Å²) in [4.78, 5) is 2.42. The van der Waals surface area contributed by atoms with E-state index in [0.717, 1.165) is 18.8 Å². The van der Waals surface area contributed by atoms with Gasteiger partial charge in [-0.2, -0.15) is 0 Å². The highest BCUT2D eigenvalue weighted by Crippen LogP contribution is 2.14. The van der Waals surface area contributed by atoms with Crippen molar-refractivity contribution in [3.63, 3.8) is 0 Å². The van der Waals surface area contributed by atoms with Crippen molar-refractivity contribution < 1.29 is 4.74 Å². The summed E-state index contributed by atoms with van der Waals surface area (Å²) >= 11 is 0. The van der Waals surface area contributed by atoms with Crippen molar-refractivity contribution in [2.24, 2.45) is 0 Å². The molecule has 1 rings (SSSR count). The fourth-order valence-electron chi connectivity index (χ4n) is 2.20. The molecule has 0 heterocycles. The number of likely N-dealkylation sites (N-methyl/N-ethyl adjacent to an activating group) is 2. The maximum Gasteiger partial charge on any atom is 0.118 e. The van der Waals surface area contributed by atoms with Gasteiger partial charge in [-0.1, -0.05) is 25.5 Å². The second-order valence-electron chi connectivity index (χ2n) is 4.76. The van der Waals surface area contributed by atoms with Crippen LogP contribution in [0, 0.1) is 0 Å². The monoisotopic (exact) mass is 250 g/mol. The molecule has 0 aliphatic rings. The third-order valence-electron chi connectivity index (χ3n) is 3.28. The quantitative estimate of drug-likeness (QED) is 0.767. The Bertz CT molecular complexity index is 318. The highest BCUT2D eigenvalue weighted by Gasteiger charge is 2.13. The first-order valence-electron chi connectivity index (χ1n) is 6.69. The van der Waals surface area contributed by atoms with Crippen LogP contribution in [0.5, 0.6) is 5.75 Å². The summed E-state index contributed by atoms with van der Waals surface area (Å²) in [5.41, 5.74) is 1.33. The summed E-state index contributed by atoms with van der Waals surface area (Å²) in [6, 6.07) is 8.92. The number of methoxy groups -OCH3 is 1. The SMILES string of the molecule is CCCC(CNC)N(C)Cc1ccc(OC)cc1. The van der Waals surface area contributed by atoms with Crippen molar-refractivity contribution in [2.45, 2.75) is 32.4 Å². The van der Waals surface area contributed by atoms with Gasteiger partial charge >= 0.3 is 0 Å². The van der Waals surface area contributed by atoms with E-state index in [4.69, 9.17) is 4.74 Å². The van der Waals surface area contributed by atoms with E-state index < -0.39 is 0 Å². The van der Waals surface area contributed by atoms with E-state index in [0.29, 0.717) is 6.04 Å². The fraction of sp³-hybridized carbons (Fsp3) is 0.600. The summed E-state index contributed by atoms with van der Waals surface area (Å²) < 4.78 is 5.18. The van der Waals surface area contributed by atoms with E-state index in [1.165, 1.54) is 18.4 Å². The Morgan fingerprint density at radius 1 is 1.28 bits per heavy atom. The minimum atomic E-state index is 0.599. The van der Waals surface area contributed by atoms with Gasteiger partial charge in [-0.25, -0.2) is 0 Å². The Kier molecular flexibility index (Phi) is 6.76. The third-order valence-corrected chi connectivity index (χ3v) is 3.28. The number of benzene rings is 1. The first-order valence-corrected chi connectivity index (χ1v) is 6.69. The Balaban J connectivity index is 2.57. The molecule has 1 atom stereocenters. The molecule has 0 saturated heterocycles. The zero-order chi connectivity index (χ0) is 13.4. The van der Waals surface area contributed by atoms with Gasteiger partial charge in [-0.3, -0.25) is 4.90 Å². The van der Waals surface area contributed by atoms with Crippen LogP contribution in [0.3, 0.4) is 0 Å². The average molecular weight is 250 g/mol. The molecule has 0 saturated carbocycles. The van der Waals surface area contributed by atoms with Crippen LogP contribution in [0.25, 0.3) is 0 Å². The number of nitrogens with zero attached hydrogens (tertiary/aromatic N) is 1. The molecule has 3 nitrogen and oxygen atoms in total. The molecule has 1 unspecified atom stereocenters. The lowest BCUT2D eigenvalue weighted by molar-refractivity contribution is 0.217. The van der Waals surface area contributed by atoms with Crippen LogP contribution in [0.2, 0.25) is 0 Å². The number of hydrogen-bond acceptors (Lipinski definition) is 3. The van der Waals surface area contributed by atoms with Crippen molar-refractivity contribution in [1.29, 1.82) is 0 Å². The largest absolute Gasteiger partial charge is 0.497 e. The van der Waals surface area contributed by atoms with Crippen molar-refractivity contribution in [1.82, 2.24) is 10.2 Å². The molecule has 1 N–H and O–H groups in total. The van der Waals surface area contributed by atoms with Crippen molar-refractivity contribution in [2.75, 3.05) is 27.7 Å². The highest BCUT2D eigenvalue weighted by molar-refractivity contribution is 5.27. The lowest BCUT2D eigenvalue weighted by Gasteiger charge is -2.27. The first-order chi connectivity index (χ1) is 8.71. The highest BCUT2D eigenvalue weighted by atomic mass is 16.5. The lowest BCUT2D eigenvalue weighted by Crippen LogP contribution is -2.38. The first kappa shape index (κ1) is 15.0. The van der Waals surface area contributed by atoms with Gasteiger partial charge in [0.05, 0.1) is 7.11 Å². The summed E-state index contributed by atoms with van der Waals surface area (Å²) in [6.07, 6.45) is 2.45. The predicted molar refractivity (Wildman–Crippen MR) is 77.1 cm³/mol. The smallest absolute Gasteiger partial charge is 0.118 e. The van der Waals surface area contributed by atoms with Crippen LogP contribution in [0.1, 0.15) is 25.3 Å². The Morgan fingerprint density at radius 3 is 2.44 bits per heavy atom. The van der Waals surface area contributed by atoms with Crippen LogP contribution in [-0.4, -0.2) is 38.7 Å². The fourth-order valence-corrected chi connectivity index (χ4v) is 2.20. The molecule has 102 valence electrons. The molecule has 0 fully saturated rings.